The lowest BCUT2D eigenvalue weighted by atomic mass is 10.1. The molecule has 0 aliphatic rings. The molecule has 30 heavy (non-hydrogen) atoms. The number of rotatable bonds is 6. The topological polar surface area (TPSA) is 78.1 Å². The zero-order valence-corrected chi connectivity index (χ0v) is 17.5. The molecule has 0 N–H and O–H groups in total. The number of benzene rings is 2. The van der Waals surface area contributed by atoms with Crippen LogP contribution in [0.25, 0.3) is 11.3 Å². The van der Waals surface area contributed by atoms with Crippen molar-refractivity contribution < 1.29 is 23.5 Å². The van der Waals surface area contributed by atoms with E-state index in [0.29, 0.717) is 38.9 Å². The number of esters is 2. The van der Waals surface area contributed by atoms with Crippen molar-refractivity contribution in [3.63, 3.8) is 0 Å². The molecule has 0 amide bonds. The maximum absolute atomic E-state index is 12.4. The van der Waals surface area contributed by atoms with Crippen molar-refractivity contribution in [2.24, 2.45) is 4.99 Å². The summed E-state index contributed by atoms with van der Waals surface area (Å²) >= 11 is 6.12. The van der Waals surface area contributed by atoms with Gasteiger partial charge < -0.3 is 13.9 Å². The number of nitrogens with zero attached hydrogens (tertiary/aromatic N) is 1. The molecule has 1 heterocycles. The zero-order valence-electron chi connectivity index (χ0n) is 16.7. The largest absolute Gasteiger partial charge is 0.465 e. The van der Waals surface area contributed by atoms with Gasteiger partial charge in [-0.1, -0.05) is 23.7 Å². The minimum Gasteiger partial charge on any atom is -0.465 e. The van der Waals surface area contributed by atoms with Crippen LogP contribution in [0.2, 0.25) is 5.02 Å². The molecule has 1 aromatic heterocycles. The standard InChI is InChI=1S/C23H20ClNO5/c1-14(2)29-23(27)17-10-8-15(24)12-19(17)21-11-9-16(30-21)13-25-20-7-5-4-6-18(20)22(26)28-3/h4-14H,1-3H3. The van der Waals surface area contributed by atoms with Gasteiger partial charge in [-0.3, -0.25) is 4.99 Å². The van der Waals surface area contributed by atoms with Gasteiger partial charge in [0, 0.05) is 10.6 Å². The van der Waals surface area contributed by atoms with E-state index in [2.05, 4.69) is 4.99 Å². The van der Waals surface area contributed by atoms with Gasteiger partial charge in [0.05, 0.1) is 36.2 Å². The number of ether oxygens (including phenoxy) is 2. The quantitative estimate of drug-likeness (QED) is 0.373. The highest BCUT2D eigenvalue weighted by Crippen LogP contribution is 2.29. The summed E-state index contributed by atoms with van der Waals surface area (Å²) in [4.78, 5) is 28.6. The molecule has 0 spiro atoms. The maximum atomic E-state index is 12.4. The summed E-state index contributed by atoms with van der Waals surface area (Å²) in [6.45, 7) is 3.56. The number of furan rings is 1. The van der Waals surface area contributed by atoms with Gasteiger partial charge in [0.1, 0.15) is 11.5 Å². The summed E-state index contributed by atoms with van der Waals surface area (Å²) in [6, 6.07) is 15.1. The average molecular weight is 426 g/mol. The van der Waals surface area contributed by atoms with Crippen molar-refractivity contribution in [1.82, 2.24) is 0 Å². The molecule has 3 aromatic rings. The van der Waals surface area contributed by atoms with Crippen LogP contribution in [-0.2, 0) is 9.47 Å². The Labute approximate surface area is 179 Å². The second kappa shape index (κ2) is 9.41. The predicted molar refractivity (Wildman–Crippen MR) is 115 cm³/mol. The molecule has 0 aliphatic heterocycles. The number of carbonyl (C=O) groups is 2. The molecule has 0 saturated carbocycles. The van der Waals surface area contributed by atoms with E-state index in [1.54, 1.807) is 68.4 Å². The average Bonchev–Trinajstić information content (AvgIpc) is 3.20. The first-order valence-corrected chi connectivity index (χ1v) is 9.59. The van der Waals surface area contributed by atoms with E-state index >= 15 is 0 Å². The lowest BCUT2D eigenvalue weighted by molar-refractivity contribution is 0.0378. The van der Waals surface area contributed by atoms with Crippen LogP contribution in [0.5, 0.6) is 0 Å². The molecule has 0 aliphatic carbocycles. The van der Waals surface area contributed by atoms with Gasteiger partial charge in [0.2, 0.25) is 0 Å². The number of hydrogen-bond acceptors (Lipinski definition) is 6. The van der Waals surface area contributed by atoms with Gasteiger partial charge in [-0.2, -0.15) is 0 Å². The second-order valence-electron chi connectivity index (χ2n) is 6.61. The molecule has 7 heteroatoms. The Morgan fingerprint density at radius 3 is 2.53 bits per heavy atom. The van der Waals surface area contributed by atoms with Gasteiger partial charge >= 0.3 is 11.9 Å². The molecule has 2 aromatic carbocycles. The third-order valence-corrected chi connectivity index (χ3v) is 4.31. The van der Waals surface area contributed by atoms with Gasteiger partial charge in [0.25, 0.3) is 0 Å². The smallest absolute Gasteiger partial charge is 0.340 e. The molecule has 154 valence electrons. The summed E-state index contributed by atoms with van der Waals surface area (Å²) in [6.07, 6.45) is 1.23. The minimum absolute atomic E-state index is 0.254. The van der Waals surface area contributed by atoms with Crippen molar-refractivity contribution >= 4 is 35.4 Å². The van der Waals surface area contributed by atoms with E-state index in [-0.39, 0.29) is 6.10 Å². The first-order chi connectivity index (χ1) is 14.4. The first kappa shape index (κ1) is 21.3. The Morgan fingerprint density at radius 2 is 1.80 bits per heavy atom. The van der Waals surface area contributed by atoms with E-state index in [9.17, 15) is 9.59 Å². The molecule has 6 nitrogen and oxygen atoms in total. The molecular formula is C23H20ClNO5. The number of carbonyl (C=O) groups excluding carboxylic acids is 2. The number of methoxy groups -OCH3 is 1. The number of para-hydroxylation sites is 1. The van der Waals surface area contributed by atoms with Crippen LogP contribution in [0.3, 0.4) is 0 Å². The van der Waals surface area contributed by atoms with Crippen molar-refractivity contribution in [3.05, 3.63) is 76.5 Å². The van der Waals surface area contributed by atoms with E-state index < -0.39 is 11.9 Å². The molecule has 0 fully saturated rings. The number of hydrogen-bond donors (Lipinski definition) is 0. The van der Waals surface area contributed by atoms with Crippen LogP contribution < -0.4 is 0 Å². The Kier molecular flexibility index (Phi) is 6.69. The number of aliphatic imine (C=N–C) groups is 1. The van der Waals surface area contributed by atoms with E-state index in [1.165, 1.54) is 13.3 Å². The van der Waals surface area contributed by atoms with Gasteiger partial charge in [0.15, 0.2) is 0 Å². The predicted octanol–water partition coefficient (Wildman–Crippen LogP) is 5.70. The van der Waals surface area contributed by atoms with Crippen molar-refractivity contribution in [2.75, 3.05) is 7.11 Å². The summed E-state index contributed by atoms with van der Waals surface area (Å²) in [5.41, 5.74) is 1.66. The third-order valence-electron chi connectivity index (χ3n) is 4.08. The van der Waals surface area contributed by atoms with Crippen LogP contribution in [0, 0.1) is 0 Å². The molecule has 0 saturated heterocycles. The normalized spacial score (nSPS) is 11.1. The van der Waals surface area contributed by atoms with E-state index in [0.717, 1.165) is 0 Å². The summed E-state index contributed by atoms with van der Waals surface area (Å²) < 4.78 is 15.9. The van der Waals surface area contributed by atoms with Crippen molar-refractivity contribution in [1.29, 1.82) is 0 Å². The molecule has 3 rings (SSSR count). The molecule has 0 atom stereocenters. The summed E-state index contributed by atoms with van der Waals surface area (Å²) in [5, 5.41) is 0.463. The Balaban J connectivity index is 1.91. The summed E-state index contributed by atoms with van der Waals surface area (Å²) in [5.74, 6) is -0.0610. The SMILES string of the molecule is COC(=O)c1ccccc1N=Cc1ccc(-c2cc(Cl)ccc2C(=O)OC(C)C)o1. The summed E-state index contributed by atoms with van der Waals surface area (Å²) in [7, 11) is 1.31. The molecule has 0 unspecified atom stereocenters. The minimum atomic E-state index is -0.477. The highest BCUT2D eigenvalue weighted by Gasteiger charge is 2.18. The Bertz CT molecular complexity index is 1100. The van der Waals surface area contributed by atoms with Crippen molar-refractivity contribution in [3.8, 4) is 11.3 Å². The van der Waals surface area contributed by atoms with Crippen LogP contribution >= 0.6 is 11.6 Å². The van der Waals surface area contributed by atoms with Crippen molar-refractivity contribution in [2.45, 2.75) is 20.0 Å². The fraction of sp³-hybridized carbons (Fsp3) is 0.174. The maximum Gasteiger partial charge on any atom is 0.340 e. The van der Waals surface area contributed by atoms with Crippen LogP contribution in [0.15, 0.2) is 64.0 Å². The van der Waals surface area contributed by atoms with Gasteiger partial charge in [-0.15, -0.1) is 0 Å². The molecule has 0 bridgehead atoms. The highest BCUT2D eigenvalue weighted by molar-refractivity contribution is 6.31. The number of halogens is 1. The zero-order chi connectivity index (χ0) is 21.7. The molecular weight excluding hydrogens is 406 g/mol. The van der Waals surface area contributed by atoms with Gasteiger partial charge in [-0.05, 0) is 56.3 Å². The molecule has 0 radical (unpaired) electrons. The van der Waals surface area contributed by atoms with Gasteiger partial charge in [-0.25, -0.2) is 9.59 Å². The fourth-order valence-corrected chi connectivity index (χ4v) is 2.92. The Hall–Kier alpha value is -3.38. The first-order valence-electron chi connectivity index (χ1n) is 9.21. The lowest BCUT2D eigenvalue weighted by Crippen LogP contribution is -2.12. The van der Waals surface area contributed by atoms with Crippen LogP contribution in [0.1, 0.15) is 40.3 Å². The fourth-order valence-electron chi connectivity index (χ4n) is 2.74. The van der Waals surface area contributed by atoms with Crippen LogP contribution in [0.4, 0.5) is 5.69 Å². The second-order valence-corrected chi connectivity index (χ2v) is 7.05. The Morgan fingerprint density at radius 1 is 1.03 bits per heavy atom. The third kappa shape index (κ3) is 4.96. The van der Waals surface area contributed by atoms with Crippen LogP contribution in [-0.4, -0.2) is 31.4 Å². The van der Waals surface area contributed by atoms with E-state index in [1.807, 2.05) is 0 Å². The van der Waals surface area contributed by atoms with E-state index in [4.69, 9.17) is 25.5 Å². The highest BCUT2D eigenvalue weighted by atomic mass is 35.5. The monoisotopic (exact) mass is 425 g/mol. The lowest BCUT2D eigenvalue weighted by Gasteiger charge is -2.11.